The van der Waals surface area contributed by atoms with E-state index in [1.165, 1.54) is 6.07 Å². The zero-order chi connectivity index (χ0) is 16.2. The van der Waals surface area contributed by atoms with Crippen LogP contribution in [0, 0.1) is 5.82 Å². The van der Waals surface area contributed by atoms with E-state index in [9.17, 15) is 4.39 Å². The summed E-state index contributed by atoms with van der Waals surface area (Å²) in [5.74, 6) is -0.156. The Morgan fingerprint density at radius 1 is 1.35 bits per heavy atom. The molecule has 0 radical (unpaired) electrons. The van der Waals surface area contributed by atoms with E-state index in [2.05, 4.69) is 22.3 Å². The zero-order valence-electron chi connectivity index (χ0n) is 13.0. The fourth-order valence-electron chi connectivity index (χ4n) is 2.51. The van der Waals surface area contributed by atoms with Gasteiger partial charge in [0.25, 0.3) is 0 Å². The number of pyridine rings is 1. The maximum Gasteiger partial charge on any atom is 0.176 e. The third kappa shape index (κ3) is 3.24. The largest absolute Gasteiger partial charge is 0.385 e. The van der Waals surface area contributed by atoms with Crippen molar-refractivity contribution in [1.82, 2.24) is 15.3 Å². The van der Waals surface area contributed by atoms with Gasteiger partial charge in [0, 0.05) is 31.0 Å². The van der Waals surface area contributed by atoms with Crippen LogP contribution in [0.2, 0.25) is 0 Å². The Hall–Kier alpha value is -2.66. The number of halogens is 1. The van der Waals surface area contributed by atoms with Gasteiger partial charge in [0.2, 0.25) is 0 Å². The van der Waals surface area contributed by atoms with Crippen LogP contribution in [0.25, 0.3) is 11.1 Å². The quantitative estimate of drug-likeness (QED) is 0.832. The molecule has 0 saturated carbocycles. The van der Waals surface area contributed by atoms with Gasteiger partial charge in [0.15, 0.2) is 11.6 Å². The second-order valence-electron chi connectivity index (χ2n) is 5.40. The lowest BCUT2D eigenvalue weighted by atomic mass is 10.1. The van der Waals surface area contributed by atoms with Crippen molar-refractivity contribution in [1.29, 1.82) is 0 Å². The molecule has 23 heavy (non-hydrogen) atoms. The molecular weight excluding hydrogens is 291 g/mol. The van der Waals surface area contributed by atoms with Gasteiger partial charge in [0.1, 0.15) is 0 Å². The van der Waals surface area contributed by atoms with Gasteiger partial charge >= 0.3 is 0 Å². The number of aromatic nitrogens is 1. The molecule has 1 atom stereocenters. The molecule has 1 fully saturated rings. The Kier molecular flexibility index (Phi) is 4.39. The first kappa shape index (κ1) is 15.2. The van der Waals surface area contributed by atoms with E-state index in [1.807, 2.05) is 48.5 Å². The number of nitrogens with one attached hydrogen (secondary N) is 2. The van der Waals surface area contributed by atoms with Crippen LogP contribution >= 0.6 is 0 Å². The third-order valence-electron chi connectivity index (χ3n) is 3.85. The van der Waals surface area contributed by atoms with Crippen molar-refractivity contribution in [3.63, 3.8) is 0 Å². The predicted octanol–water partition coefficient (Wildman–Crippen LogP) is 3.19. The minimum absolute atomic E-state index is 0.156. The van der Waals surface area contributed by atoms with Gasteiger partial charge in [-0.15, -0.1) is 0 Å². The van der Waals surface area contributed by atoms with E-state index in [4.69, 9.17) is 0 Å². The van der Waals surface area contributed by atoms with Gasteiger partial charge in [-0.2, -0.15) is 0 Å². The van der Waals surface area contributed by atoms with Crippen LogP contribution < -0.4 is 10.7 Å². The highest BCUT2D eigenvalue weighted by Gasteiger charge is 2.27. The van der Waals surface area contributed by atoms with E-state index < -0.39 is 0 Å². The van der Waals surface area contributed by atoms with Crippen LogP contribution in [0.3, 0.4) is 0 Å². The maximum absolute atomic E-state index is 14.3. The third-order valence-corrected chi connectivity index (χ3v) is 3.85. The fraction of sp³-hybridized carbons (Fsp3) is 0.167. The summed E-state index contributed by atoms with van der Waals surface area (Å²) in [5, 5.41) is 5.05. The molecule has 5 heteroatoms. The highest BCUT2D eigenvalue weighted by atomic mass is 19.1. The van der Waals surface area contributed by atoms with Crippen molar-refractivity contribution in [3.05, 3.63) is 72.8 Å². The Balaban J connectivity index is 1.74. The summed E-state index contributed by atoms with van der Waals surface area (Å²) in [6, 6.07) is 11.3. The lowest BCUT2D eigenvalue weighted by Gasteiger charge is -2.39. The van der Waals surface area contributed by atoms with Crippen molar-refractivity contribution in [2.45, 2.75) is 6.04 Å². The van der Waals surface area contributed by atoms with E-state index in [0.29, 0.717) is 0 Å². The Bertz CT molecular complexity index is 727. The Labute approximate surface area is 135 Å². The zero-order valence-corrected chi connectivity index (χ0v) is 13.0. The first-order valence-corrected chi connectivity index (χ1v) is 7.46. The molecule has 1 aliphatic heterocycles. The number of allylic oxidation sites excluding steroid dienone is 2. The van der Waals surface area contributed by atoms with Gasteiger partial charge in [-0.3, -0.25) is 0 Å². The Morgan fingerprint density at radius 2 is 2.13 bits per heavy atom. The van der Waals surface area contributed by atoms with E-state index in [-0.39, 0.29) is 17.7 Å². The minimum atomic E-state index is -0.375. The number of hydrogen-bond acceptors (Lipinski definition) is 4. The molecular formula is C18H19FN4. The van der Waals surface area contributed by atoms with Gasteiger partial charge < -0.3 is 10.7 Å². The lowest BCUT2D eigenvalue weighted by molar-refractivity contribution is 0.259. The maximum atomic E-state index is 14.3. The summed E-state index contributed by atoms with van der Waals surface area (Å²) < 4.78 is 14.3. The average molecular weight is 310 g/mol. The summed E-state index contributed by atoms with van der Waals surface area (Å²) >= 11 is 0. The summed E-state index contributed by atoms with van der Waals surface area (Å²) in [4.78, 5) is 4.22. The van der Waals surface area contributed by atoms with Crippen LogP contribution in [0.4, 0.5) is 10.2 Å². The molecule has 3 rings (SSSR count). The first-order valence-electron chi connectivity index (χ1n) is 7.46. The van der Waals surface area contributed by atoms with E-state index in [0.717, 1.165) is 23.4 Å². The van der Waals surface area contributed by atoms with Gasteiger partial charge in [0.05, 0.1) is 6.04 Å². The molecule has 1 aromatic heterocycles. The predicted molar refractivity (Wildman–Crippen MR) is 91.1 cm³/mol. The molecule has 0 amide bonds. The van der Waals surface area contributed by atoms with E-state index >= 15 is 0 Å². The van der Waals surface area contributed by atoms with Crippen molar-refractivity contribution in [3.8, 4) is 11.1 Å². The molecule has 2 heterocycles. The number of hydrazine groups is 1. The molecule has 118 valence electrons. The molecule has 1 saturated heterocycles. The van der Waals surface area contributed by atoms with Crippen LogP contribution in [0.15, 0.2) is 67.0 Å². The van der Waals surface area contributed by atoms with Crippen molar-refractivity contribution >= 4 is 5.82 Å². The summed E-state index contributed by atoms with van der Waals surface area (Å²) in [6.07, 6.45) is 5.32. The number of nitrogens with zero attached hydrogens (tertiary/aromatic N) is 2. The van der Waals surface area contributed by atoms with Gasteiger partial charge in [-0.1, -0.05) is 43.0 Å². The normalized spacial score (nSPS) is 18.4. The topological polar surface area (TPSA) is 40.2 Å². The smallest absolute Gasteiger partial charge is 0.176 e. The second-order valence-corrected chi connectivity index (χ2v) is 5.40. The molecule has 4 nitrogen and oxygen atoms in total. The second kappa shape index (κ2) is 6.62. The standard InChI is InChI=1S/C18H19FN4/c1-3-7-16-17(12-20-16)23(2)22-18-15(19)10-14(11-21-18)13-8-5-4-6-9-13/h3-11,17,20H,1,12H2,2H3,(H,21,22)/b16-7+. The summed E-state index contributed by atoms with van der Waals surface area (Å²) in [5.41, 5.74) is 5.76. The van der Waals surface area contributed by atoms with Crippen molar-refractivity contribution in [2.75, 3.05) is 19.0 Å². The fourth-order valence-corrected chi connectivity index (χ4v) is 2.51. The molecule has 2 N–H and O–H groups in total. The van der Waals surface area contributed by atoms with Gasteiger partial charge in [-0.25, -0.2) is 14.4 Å². The number of anilines is 1. The molecule has 1 aromatic carbocycles. The molecule has 2 aromatic rings. The SMILES string of the molecule is C=C/C=C1/NCC1N(C)Nc1ncc(-c2ccccc2)cc1F. The molecule has 0 aliphatic carbocycles. The van der Waals surface area contributed by atoms with Crippen LogP contribution in [0.1, 0.15) is 0 Å². The van der Waals surface area contributed by atoms with Gasteiger partial charge in [-0.05, 0) is 17.7 Å². The van der Waals surface area contributed by atoms with Crippen LogP contribution in [-0.4, -0.2) is 29.6 Å². The van der Waals surface area contributed by atoms with Crippen molar-refractivity contribution in [2.24, 2.45) is 0 Å². The lowest BCUT2D eigenvalue weighted by Crippen LogP contribution is -2.55. The highest BCUT2D eigenvalue weighted by molar-refractivity contribution is 5.63. The first-order chi connectivity index (χ1) is 11.2. The molecule has 0 bridgehead atoms. The Morgan fingerprint density at radius 3 is 2.74 bits per heavy atom. The number of rotatable bonds is 5. The number of benzene rings is 1. The number of likely N-dealkylation sites (N-methyl/N-ethyl adjacent to an activating group) is 1. The average Bonchev–Trinajstić information content (AvgIpc) is 2.54. The summed E-state index contributed by atoms with van der Waals surface area (Å²) in [7, 11) is 1.87. The van der Waals surface area contributed by atoms with Crippen LogP contribution in [-0.2, 0) is 0 Å². The summed E-state index contributed by atoms with van der Waals surface area (Å²) in [6.45, 7) is 4.48. The minimum Gasteiger partial charge on any atom is -0.385 e. The molecule has 1 aliphatic rings. The highest BCUT2D eigenvalue weighted by Crippen LogP contribution is 2.23. The molecule has 0 spiro atoms. The van der Waals surface area contributed by atoms with Crippen molar-refractivity contribution < 1.29 is 4.39 Å². The molecule has 1 unspecified atom stereocenters. The number of hydrogen-bond donors (Lipinski definition) is 2. The van der Waals surface area contributed by atoms with E-state index in [1.54, 1.807) is 12.3 Å². The van der Waals surface area contributed by atoms with Crippen LogP contribution in [0.5, 0.6) is 0 Å². The monoisotopic (exact) mass is 310 g/mol.